The van der Waals surface area contributed by atoms with Gasteiger partial charge in [-0.15, -0.1) is 0 Å². The molecular formula is C48H82O6. The van der Waals surface area contributed by atoms with E-state index in [9.17, 15) is 14.4 Å². The molecule has 0 aromatic heterocycles. The Morgan fingerprint density at radius 2 is 0.722 bits per heavy atom. The molecular weight excluding hydrogens is 673 g/mol. The molecule has 54 heavy (non-hydrogen) atoms. The second-order valence-corrected chi connectivity index (χ2v) is 14.6. The fourth-order valence-corrected chi connectivity index (χ4v) is 5.98. The van der Waals surface area contributed by atoms with Crippen LogP contribution in [0.5, 0.6) is 0 Å². The van der Waals surface area contributed by atoms with E-state index >= 15 is 0 Å². The highest BCUT2D eigenvalue weighted by atomic mass is 16.6. The molecule has 0 heterocycles. The van der Waals surface area contributed by atoms with Crippen LogP contribution in [-0.2, 0) is 28.6 Å². The van der Waals surface area contributed by atoms with Gasteiger partial charge in [0, 0.05) is 12.8 Å². The Bertz CT molecular complexity index is 1010. The molecule has 0 aliphatic heterocycles. The van der Waals surface area contributed by atoms with Crippen LogP contribution in [0.25, 0.3) is 0 Å². The molecule has 6 nitrogen and oxygen atoms in total. The molecule has 310 valence electrons. The second kappa shape index (κ2) is 42.8. The van der Waals surface area contributed by atoms with Crippen molar-refractivity contribution in [3.63, 3.8) is 0 Å². The first-order chi connectivity index (χ1) is 26.5. The molecule has 0 aromatic carbocycles. The number of carbonyl (C=O) groups is 3. The Balaban J connectivity index is 4.47. The minimum absolute atomic E-state index is 0.102. The van der Waals surface area contributed by atoms with E-state index in [4.69, 9.17) is 14.2 Å². The third kappa shape index (κ3) is 40.3. The summed E-state index contributed by atoms with van der Waals surface area (Å²) in [5.41, 5.74) is 0. The van der Waals surface area contributed by atoms with Crippen molar-refractivity contribution in [3.8, 4) is 0 Å². The van der Waals surface area contributed by atoms with Crippen LogP contribution in [0.15, 0.2) is 60.8 Å². The highest BCUT2D eigenvalue weighted by Gasteiger charge is 2.19. The van der Waals surface area contributed by atoms with Gasteiger partial charge in [0.05, 0.1) is 6.42 Å². The lowest BCUT2D eigenvalue weighted by Gasteiger charge is -2.18. The SMILES string of the molecule is CC/C=C\C/C=C\C/C=C\C/C=C\C/C=C\CC(=O)OCC(COC(=O)CCCCCCCCCC)OC(=O)CCCCCCCCCCCCCCC. The number of allylic oxidation sites excluding steroid dienone is 9. The smallest absolute Gasteiger partial charge is 0.309 e. The highest BCUT2D eigenvalue weighted by molar-refractivity contribution is 5.72. The van der Waals surface area contributed by atoms with E-state index in [0.29, 0.717) is 12.8 Å². The summed E-state index contributed by atoms with van der Waals surface area (Å²) in [5.74, 6) is -1.04. The Kier molecular flexibility index (Phi) is 40.6. The van der Waals surface area contributed by atoms with Crippen molar-refractivity contribution in [2.75, 3.05) is 13.2 Å². The Labute approximate surface area is 332 Å². The van der Waals surface area contributed by atoms with Gasteiger partial charge in [-0.2, -0.15) is 0 Å². The highest BCUT2D eigenvalue weighted by Crippen LogP contribution is 2.14. The molecule has 0 radical (unpaired) electrons. The number of unbranched alkanes of at least 4 members (excludes halogenated alkanes) is 19. The molecule has 0 saturated heterocycles. The van der Waals surface area contributed by atoms with Crippen LogP contribution >= 0.6 is 0 Å². The fraction of sp³-hybridized carbons (Fsp3) is 0.729. The van der Waals surface area contributed by atoms with Gasteiger partial charge in [-0.1, -0.05) is 204 Å². The van der Waals surface area contributed by atoms with Gasteiger partial charge in [-0.25, -0.2) is 0 Å². The zero-order valence-corrected chi connectivity index (χ0v) is 35.2. The first-order valence-electron chi connectivity index (χ1n) is 22.3. The molecule has 0 saturated carbocycles. The summed E-state index contributed by atoms with van der Waals surface area (Å²) in [7, 11) is 0. The largest absolute Gasteiger partial charge is 0.462 e. The lowest BCUT2D eigenvalue weighted by molar-refractivity contribution is -0.166. The summed E-state index contributed by atoms with van der Waals surface area (Å²) < 4.78 is 16.6. The lowest BCUT2D eigenvalue weighted by Crippen LogP contribution is -2.30. The molecule has 0 fully saturated rings. The van der Waals surface area contributed by atoms with Gasteiger partial charge in [-0.05, 0) is 44.9 Å². The Morgan fingerprint density at radius 3 is 1.13 bits per heavy atom. The minimum atomic E-state index is -0.806. The van der Waals surface area contributed by atoms with Crippen molar-refractivity contribution >= 4 is 17.9 Å². The zero-order valence-electron chi connectivity index (χ0n) is 35.2. The van der Waals surface area contributed by atoms with Crippen molar-refractivity contribution in [2.24, 2.45) is 0 Å². The number of ether oxygens (including phenoxy) is 3. The number of carbonyl (C=O) groups excluding carboxylic acids is 3. The van der Waals surface area contributed by atoms with Gasteiger partial charge in [-0.3, -0.25) is 14.4 Å². The van der Waals surface area contributed by atoms with Gasteiger partial charge in [0.1, 0.15) is 13.2 Å². The van der Waals surface area contributed by atoms with E-state index in [2.05, 4.69) is 69.4 Å². The lowest BCUT2D eigenvalue weighted by atomic mass is 10.0. The van der Waals surface area contributed by atoms with Gasteiger partial charge >= 0.3 is 17.9 Å². The molecule has 1 unspecified atom stereocenters. The van der Waals surface area contributed by atoms with Crippen molar-refractivity contribution in [1.82, 2.24) is 0 Å². The van der Waals surface area contributed by atoms with E-state index in [0.717, 1.165) is 70.6 Å². The van der Waals surface area contributed by atoms with E-state index in [1.165, 1.54) is 96.3 Å². The van der Waals surface area contributed by atoms with Gasteiger partial charge < -0.3 is 14.2 Å². The quantitative estimate of drug-likeness (QED) is 0.0269. The minimum Gasteiger partial charge on any atom is -0.462 e. The maximum Gasteiger partial charge on any atom is 0.309 e. The summed E-state index contributed by atoms with van der Waals surface area (Å²) in [6.45, 7) is 6.39. The fourth-order valence-electron chi connectivity index (χ4n) is 5.98. The molecule has 0 spiro atoms. The first kappa shape index (κ1) is 51.1. The van der Waals surface area contributed by atoms with Crippen molar-refractivity contribution < 1.29 is 28.6 Å². The maximum atomic E-state index is 12.7. The molecule has 0 aliphatic carbocycles. The Morgan fingerprint density at radius 1 is 0.389 bits per heavy atom. The maximum absolute atomic E-state index is 12.7. The molecule has 0 aromatic rings. The third-order valence-electron chi connectivity index (χ3n) is 9.32. The van der Waals surface area contributed by atoms with Crippen molar-refractivity contribution in [1.29, 1.82) is 0 Å². The van der Waals surface area contributed by atoms with Crippen molar-refractivity contribution in [2.45, 2.75) is 213 Å². The molecule has 0 bridgehead atoms. The Hall–Kier alpha value is -2.89. The van der Waals surface area contributed by atoms with Crippen LogP contribution in [0.3, 0.4) is 0 Å². The van der Waals surface area contributed by atoms with Crippen LogP contribution < -0.4 is 0 Å². The topological polar surface area (TPSA) is 78.9 Å². The van der Waals surface area contributed by atoms with E-state index in [1.807, 2.05) is 6.08 Å². The first-order valence-corrected chi connectivity index (χ1v) is 22.3. The molecule has 0 amide bonds. The summed E-state index contributed by atoms with van der Waals surface area (Å²) in [4.78, 5) is 37.6. The third-order valence-corrected chi connectivity index (χ3v) is 9.32. The van der Waals surface area contributed by atoms with Crippen LogP contribution in [0, 0.1) is 0 Å². The summed E-state index contributed by atoms with van der Waals surface area (Å²) in [6, 6.07) is 0. The van der Waals surface area contributed by atoms with E-state index in [-0.39, 0.29) is 31.6 Å². The summed E-state index contributed by atoms with van der Waals surface area (Å²) in [5, 5.41) is 0. The molecule has 6 heteroatoms. The molecule has 0 aliphatic rings. The number of hydrogen-bond acceptors (Lipinski definition) is 6. The number of esters is 3. The predicted octanol–water partition coefficient (Wildman–Crippen LogP) is 14.1. The normalized spacial score (nSPS) is 12.6. The van der Waals surface area contributed by atoms with Gasteiger partial charge in [0.25, 0.3) is 0 Å². The van der Waals surface area contributed by atoms with E-state index in [1.54, 1.807) is 6.08 Å². The van der Waals surface area contributed by atoms with Crippen LogP contribution in [0.1, 0.15) is 207 Å². The van der Waals surface area contributed by atoms with Crippen LogP contribution in [0.2, 0.25) is 0 Å². The standard InChI is InChI=1S/C48H82O6/c1-4-7-10-13-16-19-21-23-24-26-27-29-32-35-38-41-47(50)53-44-45(43-52-46(49)40-37-34-31-18-15-12-9-6-3)54-48(51)42-39-36-33-30-28-25-22-20-17-14-11-8-5-2/h7,10,16,19,23-24,27,29,35,38,45H,4-6,8-9,11-15,17-18,20-22,25-26,28,30-34,36-37,39-44H2,1-3H3/b10-7-,19-16-,24-23-,29-27-,38-35-. The van der Waals surface area contributed by atoms with Crippen molar-refractivity contribution in [3.05, 3.63) is 60.8 Å². The van der Waals surface area contributed by atoms with Gasteiger partial charge in [0.2, 0.25) is 0 Å². The van der Waals surface area contributed by atoms with Crippen LogP contribution in [0.4, 0.5) is 0 Å². The zero-order chi connectivity index (χ0) is 39.4. The molecule has 1 atom stereocenters. The summed E-state index contributed by atoms with van der Waals surface area (Å²) in [6.07, 6.45) is 50.9. The summed E-state index contributed by atoms with van der Waals surface area (Å²) >= 11 is 0. The predicted molar refractivity (Wildman–Crippen MR) is 228 cm³/mol. The van der Waals surface area contributed by atoms with Crippen LogP contribution in [-0.4, -0.2) is 37.2 Å². The number of rotatable bonds is 39. The molecule has 0 rings (SSSR count). The molecule has 0 N–H and O–H groups in total. The average molecular weight is 755 g/mol. The second-order valence-electron chi connectivity index (χ2n) is 14.6. The monoisotopic (exact) mass is 755 g/mol. The van der Waals surface area contributed by atoms with Gasteiger partial charge in [0.15, 0.2) is 6.10 Å². The number of hydrogen-bond donors (Lipinski definition) is 0. The average Bonchev–Trinajstić information content (AvgIpc) is 3.17. The van der Waals surface area contributed by atoms with E-state index < -0.39 is 12.1 Å².